The van der Waals surface area contributed by atoms with Crippen LogP contribution in [-0.2, 0) is 11.3 Å². The summed E-state index contributed by atoms with van der Waals surface area (Å²) in [7, 11) is 0. The number of carbonyl (C=O) groups is 2. The van der Waals surface area contributed by atoms with Gasteiger partial charge in [-0.3, -0.25) is 9.59 Å². The third-order valence-electron chi connectivity index (χ3n) is 7.21. The number of aromatic amines is 1. The average Bonchev–Trinajstić information content (AvgIpc) is 3.26. The Labute approximate surface area is 223 Å². The van der Waals surface area contributed by atoms with Crippen LogP contribution in [0.1, 0.15) is 28.5 Å². The number of hydrogen-bond donors (Lipinski definition) is 2. The molecule has 1 fully saturated rings. The van der Waals surface area contributed by atoms with Gasteiger partial charge in [-0.05, 0) is 38.1 Å². The highest BCUT2D eigenvalue weighted by Gasteiger charge is 2.26. The lowest BCUT2D eigenvalue weighted by molar-refractivity contribution is -0.126. The fourth-order valence-electron chi connectivity index (χ4n) is 5.15. The lowest BCUT2D eigenvalue weighted by Gasteiger charge is -2.36. The summed E-state index contributed by atoms with van der Waals surface area (Å²) in [5, 5.41) is 20.1. The number of hydrogen-bond acceptors (Lipinski definition) is 5. The monoisotopic (exact) mass is 527 g/mol. The van der Waals surface area contributed by atoms with Crippen LogP contribution in [0.4, 0.5) is 10.1 Å². The van der Waals surface area contributed by atoms with E-state index < -0.39 is 22.8 Å². The summed E-state index contributed by atoms with van der Waals surface area (Å²) in [6, 6.07) is 12.4. The summed E-state index contributed by atoms with van der Waals surface area (Å²) in [5.74, 6) is -2.39. The number of carboxylic acid groups (broad SMARTS) is 1. The van der Waals surface area contributed by atoms with Crippen molar-refractivity contribution in [2.75, 3.05) is 31.1 Å². The van der Waals surface area contributed by atoms with Crippen LogP contribution in [0, 0.1) is 24.1 Å². The molecule has 0 radical (unpaired) electrons. The maximum absolute atomic E-state index is 15.2. The molecule has 0 aliphatic carbocycles. The number of nitriles is 1. The van der Waals surface area contributed by atoms with Gasteiger partial charge in [0.05, 0.1) is 11.2 Å². The molecule has 2 N–H and O–H groups in total. The lowest BCUT2D eigenvalue weighted by atomic mass is 10.1. The van der Waals surface area contributed by atoms with Crippen LogP contribution in [-0.4, -0.2) is 57.6 Å². The van der Waals surface area contributed by atoms with Crippen LogP contribution in [0.5, 0.6) is 0 Å². The normalized spacial score (nSPS) is 14.2. The first-order valence-electron chi connectivity index (χ1n) is 12.6. The molecule has 0 unspecified atom stereocenters. The van der Waals surface area contributed by atoms with Crippen LogP contribution in [0.15, 0.2) is 53.0 Å². The van der Waals surface area contributed by atoms with Gasteiger partial charge in [0.1, 0.15) is 23.0 Å². The van der Waals surface area contributed by atoms with Gasteiger partial charge < -0.3 is 24.5 Å². The zero-order valence-corrected chi connectivity index (χ0v) is 21.5. The van der Waals surface area contributed by atoms with Crippen molar-refractivity contribution in [1.82, 2.24) is 14.5 Å². The van der Waals surface area contributed by atoms with E-state index in [1.165, 1.54) is 6.20 Å². The second-order valence-corrected chi connectivity index (χ2v) is 9.44. The summed E-state index contributed by atoms with van der Waals surface area (Å²) < 4.78 is 16.8. The number of fused-ring (bicyclic) bond motifs is 2. The van der Waals surface area contributed by atoms with Crippen molar-refractivity contribution in [3.05, 3.63) is 81.0 Å². The highest BCUT2D eigenvalue weighted by atomic mass is 19.1. The second kappa shape index (κ2) is 10.1. The number of nitrogens with zero attached hydrogens (tertiary/aromatic N) is 4. The molecular weight excluding hydrogens is 501 g/mol. The zero-order chi connectivity index (χ0) is 27.8. The summed E-state index contributed by atoms with van der Waals surface area (Å²) in [6.45, 7) is 5.29. The number of anilines is 1. The van der Waals surface area contributed by atoms with Gasteiger partial charge in [0.25, 0.3) is 5.91 Å². The van der Waals surface area contributed by atoms with Gasteiger partial charge in [0, 0.05) is 66.5 Å². The number of para-hydroxylation sites is 1. The van der Waals surface area contributed by atoms with Crippen molar-refractivity contribution >= 4 is 45.4 Å². The van der Waals surface area contributed by atoms with Crippen LogP contribution in [0.25, 0.3) is 27.9 Å². The van der Waals surface area contributed by atoms with Crippen molar-refractivity contribution in [2.45, 2.75) is 20.4 Å². The van der Waals surface area contributed by atoms with Gasteiger partial charge in [0.15, 0.2) is 0 Å². The van der Waals surface area contributed by atoms with Crippen molar-refractivity contribution in [3.63, 3.8) is 0 Å². The minimum atomic E-state index is -1.36. The van der Waals surface area contributed by atoms with E-state index in [2.05, 4.69) is 4.98 Å². The minimum absolute atomic E-state index is 0.00295. The highest BCUT2D eigenvalue weighted by molar-refractivity contribution is 6.04. The quantitative estimate of drug-likeness (QED) is 0.300. The van der Waals surface area contributed by atoms with E-state index in [4.69, 9.17) is 0 Å². The Kier molecular flexibility index (Phi) is 6.66. The molecule has 0 saturated carbocycles. The van der Waals surface area contributed by atoms with Crippen molar-refractivity contribution in [2.24, 2.45) is 0 Å². The van der Waals surface area contributed by atoms with E-state index >= 15 is 4.39 Å². The van der Waals surface area contributed by atoms with Gasteiger partial charge >= 0.3 is 5.97 Å². The number of nitrogens with one attached hydrogen (secondary N) is 1. The van der Waals surface area contributed by atoms with Gasteiger partial charge in [-0.1, -0.05) is 18.2 Å². The molecule has 1 aliphatic heterocycles. The average molecular weight is 528 g/mol. The number of carboxylic acids is 1. The van der Waals surface area contributed by atoms with Crippen molar-refractivity contribution in [3.8, 4) is 6.07 Å². The lowest BCUT2D eigenvalue weighted by Crippen LogP contribution is -2.49. The minimum Gasteiger partial charge on any atom is -0.477 e. The highest BCUT2D eigenvalue weighted by Crippen LogP contribution is 2.28. The first-order valence-corrected chi connectivity index (χ1v) is 12.6. The van der Waals surface area contributed by atoms with Crippen LogP contribution < -0.4 is 10.3 Å². The maximum atomic E-state index is 15.2. The number of amides is 1. The molecule has 2 aromatic heterocycles. The number of piperazine rings is 1. The molecule has 0 spiro atoms. The third kappa shape index (κ3) is 4.52. The standard InChI is InChI=1S/C29H26FN5O4/c1-3-33-16-22(29(38)39)27(36)21-13-23(30)26(14-25(21)33)34-8-10-35(11-9-34)28(37)18(15-31)12-20-17(2)32-24-7-5-4-6-19(20)24/h4-7,12-14,16,32H,3,8-11H2,1-2H3,(H,38,39)/b18-12+. The van der Waals surface area contributed by atoms with Crippen LogP contribution in [0.3, 0.4) is 0 Å². The Morgan fingerprint density at radius 1 is 1.15 bits per heavy atom. The molecule has 39 heavy (non-hydrogen) atoms. The molecule has 4 aromatic rings. The van der Waals surface area contributed by atoms with Crippen molar-refractivity contribution < 1.29 is 19.1 Å². The number of H-pyrrole nitrogens is 1. The van der Waals surface area contributed by atoms with E-state index in [0.29, 0.717) is 25.2 Å². The smallest absolute Gasteiger partial charge is 0.341 e. The number of benzene rings is 2. The van der Waals surface area contributed by atoms with Crippen LogP contribution >= 0.6 is 0 Å². The molecule has 3 heterocycles. The van der Waals surface area contributed by atoms with E-state index in [1.807, 2.05) is 37.3 Å². The van der Waals surface area contributed by atoms with Crippen LogP contribution in [0.2, 0.25) is 0 Å². The summed E-state index contributed by atoms with van der Waals surface area (Å²) in [5.41, 5.74) is 2.15. The van der Waals surface area contributed by atoms with E-state index in [0.717, 1.165) is 28.2 Å². The Bertz CT molecular complexity index is 1770. The largest absolute Gasteiger partial charge is 0.477 e. The maximum Gasteiger partial charge on any atom is 0.341 e. The second-order valence-electron chi connectivity index (χ2n) is 9.44. The number of pyridine rings is 1. The molecule has 198 valence electrons. The molecule has 0 atom stereocenters. The van der Waals surface area contributed by atoms with Gasteiger partial charge in [-0.25, -0.2) is 9.18 Å². The van der Waals surface area contributed by atoms with Gasteiger partial charge in [0.2, 0.25) is 5.43 Å². The molecule has 9 nitrogen and oxygen atoms in total. The molecule has 1 saturated heterocycles. The predicted octanol–water partition coefficient (Wildman–Crippen LogP) is 3.90. The molecule has 2 aromatic carbocycles. The third-order valence-corrected chi connectivity index (χ3v) is 7.21. The molecular formula is C29H26FN5O4. The number of carbonyl (C=O) groups excluding carboxylic acids is 1. The number of halogens is 1. The summed E-state index contributed by atoms with van der Waals surface area (Å²) in [6.07, 6.45) is 2.89. The first kappa shape index (κ1) is 25.7. The Hall–Kier alpha value is -4.91. The fraction of sp³-hybridized carbons (Fsp3) is 0.241. The number of aromatic carboxylic acids is 1. The Balaban J connectivity index is 1.39. The fourth-order valence-corrected chi connectivity index (χ4v) is 5.15. The molecule has 0 bridgehead atoms. The van der Waals surface area contributed by atoms with E-state index in [1.54, 1.807) is 33.4 Å². The molecule has 10 heteroatoms. The Morgan fingerprint density at radius 2 is 1.87 bits per heavy atom. The topological polar surface area (TPSA) is 122 Å². The summed E-state index contributed by atoms with van der Waals surface area (Å²) >= 11 is 0. The van der Waals surface area contributed by atoms with E-state index in [9.17, 15) is 24.8 Å². The Morgan fingerprint density at radius 3 is 2.54 bits per heavy atom. The number of aromatic nitrogens is 2. The molecule has 1 aliphatic rings. The zero-order valence-electron chi connectivity index (χ0n) is 21.5. The SMILES string of the molecule is CCn1cc(C(=O)O)c(=O)c2cc(F)c(N3CCN(C(=O)/C(C#N)=C/c4c(C)[nH]c5ccccc45)CC3)cc21. The molecule has 5 rings (SSSR count). The first-order chi connectivity index (χ1) is 18.7. The van der Waals surface area contributed by atoms with Crippen molar-refractivity contribution in [1.29, 1.82) is 5.26 Å². The number of aryl methyl sites for hydroxylation is 2. The van der Waals surface area contributed by atoms with Gasteiger partial charge in [-0.15, -0.1) is 0 Å². The van der Waals surface area contributed by atoms with E-state index in [-0.39, 0.29) is 35.6 Å². The predicted molar refractivity (Wildman–Crippen MR) is 146 cm³/mol. The summed E-state index contributed by atoms with van der Waals surface area (Å²) in [4.78, 5) is 44.0. The molecule has 1 amide bonds. The number of rotatable bonds is 5. The van der Waals surface area contributed by atoms with Gasteiger partial charge in [-0.2, -0.15) is 5.26 Å².